The van der Waals surface area contributed by atoms with E-state index in [9.17, 15) is 13.2 Å². The van der Waals surface area contributed by atoms with Gasteiger partial charge in [-0.2, -0.15) is 0 Å². The summed E-state index contributed by atoms with van der Waals surface area (Å²) in [6.45, 7) is 1.73. The topological polar surface area (TPSA) is 109 Å². The standard InChI is InChI=1S/C19H17BrN4O4S3/c1-12-2-7-16(15(20)10-12)28-11-17(25)23-18(29)22-13-3-5-14(6-4-13)31(26,27)24-19-21-8-9-30-19/h2-10H,11H2,1H3,(H,21,24)(H2,22,23,25,29). The number of carbonyl (C=O) groups is 1. The number of hydrogen-bond donors (Lipinski definition) is 3. The van der Waals surface area contributed by atoms with E-state index in [-0.39, 0.29) is 21.7 Å². The molecule has 3 N–H and O–H groups in total. The van der Waals surface area contributed by atoms with E-state index in [2.05, 4.69) is 36.3 Å². The van der Waals surface area contributed by atoms with Gasteiger partial charge in [0.2, 0.25) is 0 Å². The number of nitrogens with one attached hydrogen (secondary N) is 3. The Labute approximate surface area is 197 Å². The Morgan fingerprint density at radius 2 is 1.97 bits per heavy atom. The van der Waals surface area contributed by atoms with Crippen molar-refractivity contribution in [2.24, 2.45) is 0 Å². The first kappa shape index (κ1) is 23.1. The molecule has 31 heavy (non-hydrogen) atoms. The molecule has 1 aromatic heterocycles. The maximum atomic E-state index is 12.3. The van der Waals surface area contributed by atoms with Crippen molar-refractivity contribution >= 4 is 71.3 Å². The fourth-order valence-corrected chi connectivity index (χ4v) is 4.98. The van der Waals surface area contributed by atoms with Crippen molar-refractivity contribution < 1.29 is 17.9 Å². The minimum atomic E-state index is -3.74. The van der Waals surface area contributed by atoms with Crippen LogP contribution in [0.15, 0.2) is 63.4 Å². The second-order valence-electron chi connectivity index (χ2n) is 6.19. The van der Waals surface area contributed by atoms with Gasteiger partial charge >= 0.3 is 0 Å². The highest BCUT2D eigenvalue weighted by atomic mass is 79.9. The number of rotatable bonds is 7. The predicted molar refractivity (Wildman–Crippen MR) is 128 cm³/mol. The molecule has 0 aliphatic rings. The van der Waals surface area contributed by atoms with E-state index in [0.717, 1.165) is 10.0 Å². The van der Waals surface area contributed by atoms with Crippen LogP contribution in [0.25, 0.3) is 0 Å². The van der Waals surface area contributed by atoms with Crippen molar-refractivity contribution in [3.8, 4) is 5.75 Å². The fraction of sp³-hybridized carbons (Fsp3) is 0.105. The fourth-order valence-electron chi connectivity index (χ4n) is 2.36. The highest BCUT2D eigenvalue weighted by Crippen LogP contribution is 2.25. The summed E-state index contributed by atoms with van der Waals surface area (Å²) in [5.74, 6) is 0.111. The van der Waals surface area contributed by atoms with Gasteiger partial charge < -0.3 is 10.1 Å². The van der Waals surface area contributed by atoms with Gasteiger partial charge in [0.25, 0.3) is 15.9 Å². The van der Waals surface area contributed by atoms with E-state index in [1.54, 1.807) is 11.4 Å². The number of aromatic nitrogens is 1. The lowest BCUT2D eigenvalue weighted by atomic mass is 10.2. The smallest absolute Gasteiger partial charge is 0.264 e. The molecule has 0 atom stereocenters. The first-order chi connectivity index (χ1) is 14.7. The van der Waals surface area contributed by atoms with Gasteiger partial charge in [0.05, 0.1) is 9.37 Å². The number of ether oxygens (including phenoxy) is 1. The van der Waals surface area contributed by atoms with Crippen LogP contribution in [0.4, 0.5) is 10.8 Å². The van der Waals surface area contributed by atoms with Crippen LogP contribution < -0.4 is 20.1 Å². The second kappa shape index (κ2) is 10.2. The number of benzene rings is 2. The number of thiocarbonyl (C=S) groups is 1. The maximum absolute atomic E-state index is 12.3. The number of nitrogens with zero attached hydrogens (tertiary/aromatic N) is 1. The van der Waals surface area contributed by atoms with Crippen molar-refractivity contribution in [3.05, 3.63) is 64.1 Å². The summed E-state index contributed by atoms with van der Waals surface area (Å²) < 4.78 is 33.3. The molecule has 162 valence electrons. The zero-order valence-corrected chi connectivity index (χ0v) is 20.1. The molecular weight excluding hydrogens is 524 g/mol. The van der Waals surface area contributed by atoms with Gasteiger partial charge in [-0.15, -0.1) is 11.3 Å². The summed E-state index contributed by atoms with van der Waals surface area (Å²) in [4.78, 5) is 16.0. The molecule has 0 saturated heterocycles. The lowest BCUT2D eigenvalue weighted by molar-refractivity contribution is -0.121. The Kier molecular flexibility index (Phi) is 7.59. The summed E-state index contributed by atoms with van der Waals surface area (Å²) in [5.41, 5.74) is 1.58. The molecule has 1 heterocycles. The average Bonchev–Trinajstić information content (AvgIpc) is 3.20. The third-order valence-corrected chi connectivity index (χ3v) is 6.77. The number of amides is 1. The minimum Gasteiger partial charge on any atom is -0.483 e. The number of halogens is 1. The van der Waals surface area contributed by atoms with Gasteiger partial charge in [-0.25, -0.2) is 13.4 Å². The third-order valence-electron chi connectivity index (χ3n) is 3.78. The summed E-state index contributed by atoms with van der Waals surface area (Å²) in [5, 5.41) is 7.35. The SMILES string of the molecule is Cc1ccc(OCC(=O)NC(=S)Nc2ccc(S(=O)(=O)Nc3nccs3)cc2)c(Br)c1. The molecular formula is C19H17BrN4O4S3. The Balaban J connectivity index is 1.51. The van der Waals surface area contributed by atoms with Crippen molar-refractivity contribution in [3.63, 3.8) is 0 Å². The van der Waals surface area contributed by atoms with Crippen molar-refractivity contribution in [1.29, 1.82) is 0 Å². The summed E-state index contributed by atoms with van der Waals surface area (Å²) in [6.07, 6.45) is 1.51. The monoisotopic (exact) mass is 540 g/mol. The molecule has 0 bridgehead atoms. The summed E-state index contributed by atoms with van der Waals surface area (Å²) in [7, 11) is -3.74. The van der Waals surface area contributed by atoms with Crippen LogP contribution in [0.3, 0.4) is 0 Å². The van der Waals surface area contributed by atoms with E-state index >= 15 is 0 Å². The normalized spacial score (nSPS) is 10.9. The molecule has 0 spiro atoms. The summed E-state index contributed by atoms with van der Waals surface area (Å²) in [6, 6.07) is 11.4. The molecule has 0 aliphatic heterocycles. The van der Waals surface area contributed by atoms with Crippen LogP contribution in [0.5, 0.6) is 5.75 Å². The first-order valence-corrected chi connectivity index (χ1v) is 12.3. The van der Waals surface area contributed by atoms with Crippen LogP contribution in [-0.4, -0.2) is 31.0 Å². The van der Waals surface area contributed by atoms with Gasteiger partial charge in [0, 0.05) is 17.3 Å². The largest absolute Gasteiger partial charge is 0.483 e. The van der Waals surface area contributed by atoms with Crippen LogP contribution >= 0.6 is 39.5 Å². The summed E-state index contributed by atoms with van der Waals surface area (Å²) >= 11 is 9.69. The lowest BCUT2D eigenvalue weighted by Crippen LogP contribution is -2.37. The number of aryl methyl sites for hydroxylation is 1. The Morgan fingerprint density at radius 3 is 2.61 bits per heavy atom. The van der Waals surface area contributed by atoms with Gasteiger partial charge in [-0.3, -0.25) is 14.8 Å². The van der Waals surface area contributed by atoms with Crippen LogP contribution in [0.1, 0.15) is 5.56 Å². The average molecular weight is 541 g/mol. The van der Waals surface area contributed by atoms with E-state index in [4.69, 9.17) is 17.0 Å². The van der Waals surface area contributed by atoms with E-state index < -0.39 is 15.9 Å². The van der Waals surface area contributed by atoms with Crippen molar-refractivity contribution in [1.82, 2.24) is 10.3 Å². The first-order valence-electron chi connectivity index (χ1n) is 8.75. The highest BCUT2D eigenvalue weighted by molar-refractivity contribution is 9.10. The molecule has 2 aromatic carbocycles. The molecule has 12 heteroatoms. The molecule has 3 aromatic rings. The predicted octanol–water partition coefficient (Wildman–Crippen LogP) is 3.91. The van der Waals surface area contributed by atoms with Gasteiger partial charge in [-0.05, 0) is 77.0 Å². The molecule has 0 radical (unpaired) electrons. The third kappa shape index (κ3) is 6.72. The van der Waals surface area contributed by atoms with Crippen LogP contribution in [0.2, 0.25) is 0 Å². The van der Waals surface area contributed by atoms with Crippen molar-refractivity contribution in [2.75, 3.05) is 16.6 Å². The van der Waals surface area contributed by atoms with E-state index in [0.29, 0.717) is 11.4 Å². The van der Waals surface area contributed by atoms with Gasteiger partial charge in [0.15, 0.2) is 16.9 Å². The lowest BCUT2D eigenvalue weighted by Gasteiger charge is -2.12. The Bertz CT molecular complexity index is 1180. The zero-order valence-electron chi connectivity index (χ0n) is 16.1. The van der Waals surface area contributed by atoms with Crippen molar-refractivity contribution in [2.45, 2.75) is 11.8 Å². The number of hydrogen-bond acceptors (Lipinski definition) is 7. The molecule has 0 unspecified atom stereocenters. The minimum absolute atomic E-state index is 0.0630. The molecule has 3 rings (SSSR count). The molecule has 0 saturated carbocycles. The molecule has 0 aliphatic carbocycles. The number of anilines is 2. The number of thiazole rings is 1. The van der Waals surface area contributed by atoms with Crippen LogP contribution in [0, 0.1) is 6.92 Å². The van der Waals surface area contributed by atoms with E-state index in [1.165, 1.54) is 41.8 Å². The molecule has 8 nitrogen and oxygen atoms in total. The van der Waals surface area contributed by atoms with Crippen LogP contribution in [-0.2, 0) is 14.8 Å². The Morgan fingerprint density at radius 1 is 1.23 bits per heavy atom. The molecule has 1 amide bonds. The highest BCUT2D eigenvalue weighted by Gasteiger charge is 2.15. The molecule has 0 fully saturated rings. The maximum Gasteiger partial charge on any atom is 0.264 e. The second-order valence-corrected chi connectivity index (χ2v) is 10.0. The quantitative estimate of drug-likeness (QED) is 0.389. The zero-order chi connectivity index (χ0) is 22.4. The Hall–Kier alpha value is -2.54. The van der Waals surface area contributed by atoms with Gasteiger partial charge in [-0.1, -0.05) is 6.07 Å². The van der Waals surface area contributed by atoms with Gasteiger partial charge in [0.1, 0.15) is 5.75 Å². The number of carbonyl (C=O) groups excluding carboxylic acids is 1. The van der Waals surface area contributed by atoms with E-state index in [1.807, 2.05) is 19.1 Å². The number of sulfonamides is 1.